The number of likely N-dealkylation sites (tertiary alicyclic amines) is 1. The number of benzene rings is 1. The summed E-state index contributed by atoms with van der Waals surface area (Å²) >= 11 is 3.39. The molecule has 0 aromatic heterocycles. The molecule has 2 unspecified atom stereocenters. The molecule has 1 saturated heterocycles. The first kappa shape index (κ1) is 15.0. The van der Waals surface area contributed by atoms with Gasteiger partial charge < -0.3 is 10.0 Å². The molecule has 20 heavy (non-hydrogen) atoms. The number of hydrogen-bond acceptors (Lipinski definition) is 2. The summed E-state index contributed by atoms with van der Waals surface area (Å²) in [7, 11) is 0. The van der Waals surface area contributed by atoms with Gasteiger partial charge in [0.15, 0.2) is 0 Å². The normalized spacial score (nSPS) is 22.6. The number of halogens is 1. The van der Waals surface area contributed by atoms with Gasteiger partial charge in [-0.25, -0.2) is 0 Å². The van der Waals surface area contributed by atoms with Gasteiger partial charge in [-0.2, -0.15) is 0 Å². The summed E-state index contributed by atoms with van der Waals surface area (Å²) in [5, 5.41) is 9.11. The van der Waals surface area contributed by atoms with Gasteiger partial charge in [-0.1, -0.05) is 28.1 Å². The number of carbonyl (C=O) groups excluding carboxylic acids is 1. The van der Waals surface area contributed by atoms with E-state index < -0.39 is 11.9 Å². The Morgan fingerprint density at radius 1 is 1.40 bits per heavy atom. The summed E-state index contributed by atoms with van der Waals surface area (Å²) in [6.45, 7) is 2.31. The van der Waals surface area contributed by atoms with Crippen LogP contribution in [-0.4, -0.2) is 34.5 Å². The molecular formula is C15H18BrNO3. The zero-order valence-corrected chi connectivity index (χ0v) is 13.0. The van der Waals surface area contributed by atoms with Gasteiger partial charge in [-0.15, -0.1) is 0 Å². The summed E-state index contributed by atoms with van der Waals surface area (Å²) in [6.07, 6.45) is 1.72. The third-order valence-electron chi connectivity index (χ3n) is 3.80. The van der Waals surface area contributed by atoms with Crippen LogP contribution in [0.3, 0.4) is 0 Å². The first-order valence-electron chi connectivity index (χ1n) is 6.74. The Kier molecular flexibility index (Phi) is 4.81. The van der Waals surface area contributed by atoms with Crippen molar-refractivity contribution in [2.45, 2.75) is 32.2 Å². The number of carboxylic acid groups (broad SMARTS) is 1. The molecule has 1 amide bonds. The van der Waals surface area contributed by atoms with Crippen molar-refractivity contribution in [3.8, 4) is 0 Å². The van der Waals surface area contributed by atoms with Crippen LogP contribution in [0.25, 0.3) is 0 Å². The van der Waals surface area contributed by atoms with Crippen LogP contribution in [-0.2, 0) is 16.0 Å². The Hall–Kier alpha value is -1.36. The van der Waals surface area contributed by atoms with Crippen molar-refractivity contribution in [1.82, 2.24) is 4.90 Å². The zero-order chi connectivity index (χ0) is 14.7. The van der Waals surface area contributed by atoms with E-state index in [9.17, 15) is 9.59 Å². The Bertz CT molecular complexity index is 518. The van der Waals surface area contributed by atoms with Crippen LogP contribution in [0.4, 0.5) is 0 Å². The van der Waals surface area contributed by atoms with Gasteiger partial charge >= 0.3 is 5.97 Å². The molecule has 2 atom stereocenters. The first-order valence-corrected chi connectivity index (χ1v) is 7.53. The minimum Gasteiger partial charge on any atom is -0.481 e. The Balaban J connectivity index is 2.05. The molecule has 5 heteroatoms. The van der Waals surface area contributed by atoms with Crippen molar-refractivity contribution in [2.24, 2.45) is 5.92 Å². The minimum atomic E-state index is -0.808. The van der Waals surface area contributed by atoms with Crippen LogP contribution in [0.5, 0.6) is 0 Å². The first-order chi connectivity index (χ1) is 9.47. The van der Waals surface area contributed by atoms with Gasteiger partial charge in [0.25, 0.3) is 0 Å². The molecule has 4 nitrogen and oxygen atoms in total. The van der Waals surface area contributed by atoms with Gasteiger partial charge in [0.05, 0.1) is 12.3 Å². The molecule has 0 bridgehead atoms. The predicted octanol–water partition coefficient (Wildman–Crippen LogP) is 2.70. The minimum absolute atomic E-state index is 0.00144. The summed E-state index contributed by atoms with van der Waals surface area (Å²) in [6, 6.07) is 7.75. The number of nitrogens with zero attached hydrogens (tertiary/aromatic N) is 1. The van der Waals surface area contributed by atoms with E-state index in [0.717, 1.165) is 16.5 Å². The summed E-state index contributed by atoms with van der Waals surface area (Å²) in [5.74, 6) is -1.24. The van der Waals surface area contributed by atoms with Crippen molar-refractivity contribution in [1.29, 1.82) is 0 Å². The van der Waals surface area contributed by atoms with E-state index in [1.54, 1.807) is 4.90 Å². The Morgan fingerprint density at radius 3 is 2.80 bits per heavy atom. The molecule has 0 aliphatic carbocycles. The average molecular weight is 340 g/mol. The highest BCUT2D eigenvalue weighted by atomic mass is 79.9. The Labute approximate surface area is 126 Å². The number of aliphatic carboxylic acids is 1. The van der Waals surface area contributed by atoms with Crippen molar-refractivity contribution in [3.63, 3.8) is 0 Å². The lowest BCUT2D eigenvalue weighted by Crippen LogP contribution is -2.47. The number of piperidine rings is 1. The number of amides is 1. The number of hydrogen-bond donors (Lipinski definition) is 1. The molecule has 0 radical (unpaired) electrons. The highest BCUT2D eigenvalue weighted by molar-refractivity contribution is 9.10. The van der Waals surface area contributed by atoms with E-state index in [2.05, 4.69) is 15.9 Å². The average Bonchev–Trinajstić information content (AvgIpc) is 2.38. The number of rotatable bonds is 3. The SMILES string of the molecule is CC1CCC(C(=O)O)CN1C(=O)Cc1cccc(Br)c1. The topological polar surface area (TPSA) is 57.6 Å². The van der Waals surface area contributed by atoms with E-state index in [-0.39, 0.29) is 11.9 Å². The maximum atomic E-state index is 12.4. The molecule has 108 valence electrons. The second-order valence-corrected chi connectivity index (χ2v) is 6.23. The second-order valence-electron chi connectivity index (χ2n) is 5.31. The highest BCUT2D eigenvalue weighted by Crippen LogP contribution is 2.23. The van der Waals surface area contributed by atoms with Crippen LogP contribution in [0.2, 0.25) is 0 Å². The van der Waals surface area contributed by atoms with Crippen LogP contribution < -0.4 is 0 Å². The molecule has 1 aromatic carbocycles. The molecule has 1 aliphatic heterocycles. The van der Waals surface area contributed by atoms with E-state index in [0.29, 0.717) is 19.4 Å². The maximum absolute atomic E-state index is 12.4. The second kappa shape index (κ2) is 6.39. The fraction of sp³-hybridized carbons (Fsp3) is 0.467. The van der Waals surface area contributed by atoms with E-state index in [1.165, 1.54) is 0 Å². The van der Waals surface area contributed by atoms with Gasteiger partial charge in [0.1, 0.15) is 0 Å². The lowest BCUT2D eigenvalue weighted by atomic mass is 9.93. The van der Waals surface area contributed by atoms with Crippen molar-refractivity contribution >= 4 is 27.8 Å². The van der Waals surface area contributed by atoms with Crippen LogP contribution in [0.15, 0.2) is 28.7 Å². The third kappa shape index (κ3) is 3.60. The fourth-order valence-electron chi connectivity index (χ4n) is 2.58. The van der Waals surface area contributed by atoms with Crippen molar-refractivity contribution in [3.05, 3.63) is 34.3 Å². The van der Waals surface area contributed by atoms with E-state index in [1.807, 2.05) is 31.2 Å². The van der Waals surface area contributed by atoms with E-state index >= 15 is 0 Å². The molecular weight excluding hydrogens is 322 g/mol. The fourth-order valence-corrected chi connectivity index (χ4v) is 3.03. The van der Waals surface area contributed by atoms with Crippen molar-refractivity contribution in [2.75, 3.05) is 6.54 Å². The molecule has 1 aromatic rings. The molecule has 1 heterocycles. The van der Waals surface area contributed by atoms with Gasteiger partial charge in [0, 0.05) is 17.1 Å². The Morgan fingerprint density at radius 2 is 2.15 bits per heavy atom. The summed E-state index contributed by atoms with van der Waals surface area (Å²) in [5.41, 5.74) is 0.939. The third-order valence-corrected chi connectivity index (χ3v) is 4.29. The number of carbonyl (C=O) groups is 2. The monoisotopic (exact) mass is 339 g/mol. The largest absolute Gasteiger partial charge is 0.481 e. The molecule has 1 fully saturated rings. The molecule has 0 saturated carbocycles. The van der Waals surface area contributed by atoms with Gasteiger partial charge in [0.2, 0.25) is 5.91 Å². The standard InChI is InChI=1S/C15H18BrNO3/c1-10-5-6-12(15(19)20)9-17(10)14(18)8-11-3-2-4-13(16)7-11/h2-4,7,10,12H,5-6,8-9H2,1H3,(H,19,20). The van der Waals surface area contributed by atoms with Crippen LogP contribution in [0.1, 0.15) is 25.3 Å². The lowest BCUT2D eigenvalue weighted by molar-refractivity contribution is -0.146. The zero-order valence-electron chi connectivity index (χ0n) is 11.4. The predicted molar refractivity (Wildman–Crippen MR) is 79.4 cm³/mol. The lowest BCUT2D eigenvalue weighted by Gasteiger charge is -2.36. The molecule has 1 aliphatic rings. The van der Waals surface area contributed by atoms with Gasteiger partial charge in [-0.05, 0) is 37.5 Å². The summed E-state index contributed by atoms with van der Waals surface area (Å²) in [4.78, 5) is 25.2. The van der Waals surface area contributed by atoms with Crippen LogP contribution in [0, 0.1) is 5.92 Å². The smallest absolute Gasteiger partial charge is 0.308 e. The highest BCUT2D eigenvalue weighted by Gasteiger charge is 2.32. The molecule has 0 spiro atoms. The van der Waals surface area contributed by atoms with Crippen LogP contribution >= 0.6 is 15.9 Å². The maximum Gasteiger partial charge on any atom is 0.308 e. The molecule has 1 N–H and O–H groups in total. The molecule has 2 rings (SSSR count). The summed E-state index contributed by atoms with van der Waals surface area (Å²) < 4.78 is 0.943. The number of carboxylic acids is 1. The van der Waals surface area contributed by atoms with Gasteiger partial charge in [-0.3, -0.25) is 9.59 Å². The van der Waals surface area contributed by atoms with E-state index in [4.69, 9.17) is 5.11 Å². The van der Waals surface area contributed by atoms with Crippen molar-refractivity contribution < 1.29 is 14.7 Å². The quantitative estimate of drug-likeness (QED) is 0.920.